The molecule has 0 spiro atoms. The number of nitrogens with zero attached hydrogens (tertiary/aromatic N) is 1. The third-order valence-electron chi connectivity index (χ3n) is 3.91. The highest BCUT2D eigenvalue weighted by Gasteiger charge is 2.17. The molecule has 0 fully saturated rings. The maximum absolute atomic E-state index is 11.9. The first kappa shape index (κ1) is 15.3. The molecule has 0 saturated heterocycles. The van der Waals surface area contributed by atoms with E-state index in [4.69, 9.17) is 5.84 Å². The Morgan fingerprint density at radius 3 is 2.52 bits per heavy atom. The Kier molecular flexibility index (Phi) is 5.17. The highest BCUT2D eigenvalue weighted by molar-refractivity contribution is 5.92. The molecule has 0 aliphatic rings. The van der Waals surface area contributed by atoms with Crippen LogP contribution in [0.3, 0.4) is 0 Å². The van der Waals surface area contributed by atoms with Crippen molar-refractivity contribution in [2.45, 2.75) is 39.2 Å². The van der Waals surface area contributed by atoms with Gasteiger partial charge in [0.05, 0.1) is 0 Å². The molecule has 4 heteroatoms. The average Bonchev–Trinajstić information content (AvgIpc) is 2.96. The van der Waals surface area contributed by atoms with Gasteiger partial charge in [0.1, 0.15) is 5.69 Å². The van der Waals surface area contributed by atoms with Crippen molar-refractivity contribution in [3.8, 4) is 0 Å². The molecule has 1 heterocycles. The molecule has 0 saturated carbocycles. The van der Waals surface area contributed by atoms with Crippen LogP contribution in [0.2, 0.25) is 0 Å². The Morgan fingerprint density at radius 2 is 1.90 bits per heavy atom. The Labute approximate surface area is 125 Å². The van der Waals surface area contributed by atoms with Crippen molar-refractivity contribution < 1.29 is 4.79 Å². The van der Waals surface area contributed by atoms with Crippen molar-refractivity contribution in [1.29, 1.82) is 0 Å². The second-order valence-corrected chi connectivity index (χ2v) is 5.30. The lowest BCUT2D eigenvalue weighted by atomic mass is 10.1. The fourth-order valence-electron chi connectivity index (χ4n) is 2.57. The van der Waals surface area contributed by atoms with E-state index in [-0.39, 0.29) is 11.9 Å². The third kappa shape index (κ3) is 3.52. The van der Waals surface area contributed by atoms with Gasteiger partial charge in [-0.15, -0.1) is 0 Å². The number of nitrogens with one attached hydrogen (secondary N) is 1. The standard InChI is InChI=1S/C17H23N3O/c1-3-13(2)20-15(11-12-16(20)17(21)19-18)10-9-14-7-5-4-6-8-14/h4-8,11-13H,3,9-10,18H2,1-2H3,(H,19,21)/t13-/m1/s1. The van der Waals surface area contributed by atoms with Crippen LogP contribution in [0.25, 0.3) is 0 Å². The van der Waals surface area contributed by atoms with E-state index >= 15 is 0 Å². The number of aryl methyl sites for hydroxylation is 2. The highest BCUT2D eigenvalue weighted by Crippen LogP contribution is 2.20. The van der Waals surface area contributed by atoms with Gasteiger partial charge < -0.3 is 4.57 Å². The number of carbonyl (C=O) groups is 1. The molecular weight excluding hydrogens is 262 g/mol. The van der Waals surface area contributed by atoms with Crippen LogP contribution < -0.4 is 11.3 Å². The number of benzene rings is 1. The zero-order valence-electron chi connectivity index (χ0n) is 12.7. The molecule has 3 N–H and O–H groups in total. The molecule has 21 heavy (non-hydrogen) atoms. The van der Waals surface area contributed by atoms with Gasteiger partial charge in [-0.25, -0.2) is 5.84 Å². The minimum Gasteiger partial charge on any atom is -0.338 e. The molecule has 0 bridgehead atoms. The highest BCUT2D eigenvalue weighted by atomic mass is 16.2. The molecule has 0 aliphatic carbocycles. The summed E-state index contributed by atoms with van der Waals surface area (Å²) in [5.41, 5.74) is 5.34. The number of rotatable bonds is 6. The molecule has 1 aromatic carbocycles. The van der Waals surface area contributed by atoms with Crippen LogP contribution in [0.4, 0.5) is 0 Å². The van der Waals surface area contributed by atoms with E-state index in [0.29, 0.717) is 5.69 Å². The van der Waals surface area contributed by atoms with Gasteiger partial charge in [-0.3, -0.25) is 10.2 Å². The van der Waals surface area contributed by atoms with Crippen LogP contribution in [0.15, 0.2) is 42.5 Å². The van der Waals surface area contributed by atoms with Crippen molar-refractivity contribution in [3.05, 3.63) is 59.4 Å². The number of hydrazine groups is 1. The summed E-state index contributed by atoms with van der Waals surface area (Å²) < 4.78 is 2.10. The van der Waals surface area contributed by atoms with Crippen LogP contribution in [0, 0.1) is 0 Å². The lowest BCUT2D eigenvalue weighted by Gasteiger charge is -2.19. The SMILES string of the molecule is CC[C@@H](C)n1c(CCc2ccccc2)ccc1C(=O)NN. The van der Waals surface area contributed by atoms with E-state index in [1.165, 1.54) is 11.3 Å². The topological polar surface area (TPSA) is 60.0 Å². The van der Waals surface area contributed by atoms with Crippen LogP contribution in [0.1, 0.15) is 48.1 Å². The normalized spacial score (nSPS) is 12.1. The molecule has 4 nitrogen and oxygen atoms in total. The number of amides is 1. The number of hydrogen-bond acceptors (Lipinski definition) is 2. The quantitative estimate of drug-likeness (QED) is 0.487. The second kappa shape index (κ2) is 7.09. The van der Waals surface area contributed by atoms with Gasteiger partial charge in [0.25, 0.3) is 5.91 Å². The molecule has 0 aliphatic heterocycles. The van der Waals surface area contributed by atoms with Gasteiger partial charge in [0.2, 0.25) is 0 Å². The number of carbonyl (C=O) groups excluding carboxylic acids is 1. The monoisotopic (exact) mass is 285 g/mol. The molecule has 2 aromatic rings. The van der Waals surface area contributed by atoms with Gasteiger partial charge in [-0.2, -0.15) is 0 Å². The van der Waals surface area contributed by atoms with Crippen molar-refractivity contribution in [3.63, 3.8) is 0 Å². The zero-order chi connectivity index (χ0) is 15.2. The van der Waals surface area contributed by atoms with E-state index in [9.17, 15) is 4.79 Å². The number of aromatic nitrogens is 1. The predicted molar refractivity (Wildman–Crippen MR) is 84.9 cm³/mol. The fourth-order valence-corrected chi connectivity index (χ4v) is 2.57. The Bertz CT molecular complexity index is 589. The van der Waals surface area contributed by atoms with Crippen molar-refractivity contribution >= 4 is 5.91 Å². The summed E-state index contributed by atoms with van der Waals surface area (Å²) in [7, 11) is 0. The zero-order valence-corrected chi connectivity index (χ0v) is 12.7. The first-order valence-corrected chi connectivity index (χ1v) is 7.42. The Hall–Kier alpha value is -2.07. The van der Waals surface area contributed by atoms with Crippen LogP contribution in [-0.2, 0) is 12.8 Å². The molecule has 112 valence electrons. The fraction of sp³-hybridized carbons (Fsp3) is 0.353. The lowest BCUT2D eigenvalue weighted by molar-refractivity contribution is 0.0942. The van der Waals surface area contributed by atoms with Gasteiger partial charge >= 0.3 is 0 Å². The molecule has 1 aromatic heterocycles. The Morgan fingerprint density at radius 1 is 1.19 bits per heavy atom. The van der Waals surface area contributed by atoms with Gasteiger partial charge in [-0.1, -0.05) is 37.3 Å². The molecule has 2 rings (SSSR count). The van der Waals surface area contributed by atoms with Crippen molar-refractivity contribution in [2.24, 2.45) is 5.84 Å². The van der Waals surface area contributed by atoms with Crippen LogP contribution in [-0.4, -0.2) is 10.5 Å². The van der Waals surface area contributed by atoms with Crippen LogP contribution >= 0.6 is 0 Å². The average molecular weight is 285 g/mol. The molecular formula is C17H23N3O. The van der Waals surface area contributed by atoms with Crippen molar-refractivity contribution in [1.82, 2.24) is 9.99 Å². The minimum absolute atomic E-state index is 0.235. The predicted octanol–water partition coefficient (Wildman–Crippen LogP) is 2.85. The second-order valence-electron chi connectivity index (χ2n) is 5.30. The summed E-state index contributed by atoms with van der Waals surface area (Å²) in [6.07, 6.45) is 2.84. The Balaban J connectivity index is 2.22. The van der Waals surface area contributed by atoms with Crippen LogP contribution in [0.5, 0.6) is 0 Å². The van der Waals surface area contributed by atoms with E-state index < -0.39 is 0 Å². The molecule has 1 atom stereocenters. The first-order valence-electron chi connectivity index (χ1n) is 7.42. The lowest BCUT2D eigenvalue weighted by Crippen LogP contribution is -2.32. The third-order valence-corrected chi connectivity index (χ3v) is 3.91. The maximum Gasteiger partial charge on any atom is 0.281 e. The number of hydrogen-bond donors (Lipinski definition) is 2. The largest absolute Gasteiger partial charge is 0.338 e. The molecule has 0 unspecified atom stereocenters. The summed E-state index contributed by atoms with van der Waals surface area (Å²) in [5, 5.41) is 0. The van der Waals surface area contributed by atoms with Gasteiger partial charge in [0.15, 0.2) is 0 Å². The number of nitrogen functional groups attached to an aromatic ring is 1. The first-order chi connectivity index (χ1) is 10.2. The van der Waals surface area contributed by atoms with E-state index in [1.807, 2.05) is 18.2 Å². The minimum atomic E-state index is -0.235. The smallest absolute Gasteiger partial charge is 0.281 e. The summed E-state index contributed by atoms with van der Waals surface area (Å²) in [4.78, 5) is 11.9. The number of nitrogens with two attached hydrogens (primary N) is 1. The van der Waals surface area contributed by atoms with E-state index in [0.717, 1.165) is 19.3 Å². The van der Waals surface area contributed by atoms with Crippen molar-refractivity contribution in [2.75, 3.05) is 0 Å². The summed E-state index contributed by atoms with van der Waals surface area (Å²) in [5.74, 6) is 5.04. The summed E-state index contributed by atoms with van der Waals surface area (Å²) in [6.45, 7) is 4.25. The molecule has 0 radical (unpaired) electrons. The summed E-state index contributed by atoms with van der Waals surface area (Å²) in [6, 6.07) is 14.5. The van der Waals surface area contributed by atoms with E-state index in [2.05, 4.69) is 48.1 Å². The summed E-state index contributed by atoms with van der Waals surface area (Å²) >= 11 is 0. The maximum atomic E-state index is 11.9. The van der Waals surface area contributed by atoms with E-state index in [1.54, 1.807) is 0 Å². The molecule has 1 amide bonds. The van der Waals surface area contributed by atoms with Gasteiger partial charge in [-0.05, 0) is 43.9 Å². The van der Waals surface area contributed by atoms with Gasteiger partial charge in [0, 0.05) is 11.7 Å².